The summed E-state index contributed by atoms with van der Waals surface area (Å²) in [5, 5.41) is 10.8. The second-order valence-electron chi connectivity index (χ2n) is 5.62. The molecule has 1 saturated carbocycles. The summed E-state index contributed by atoms with van der Waals surface area (Å²) in [6, 6.07) is 10.8. The van der Waals surface area contributed by atoms with Crippen LogP contribution in [0.3, 0.4) is 0 Å². The van der Waals surface area contributed by atoms with Crippen LogP contribution in [0.1, 0.15) is 37.3 Å². The first-order valence-corrected chi connectivity index (χ1v) is 8.02. The van der Waals surface area contributed by atoms with Gasteiger partial charge in [-0.25, -0.2) is 5.01 Å². The minimum atomic E-state index is 0.242. The lowest BCUT2D eigenvalue weighted by Gasteiger charge is -2.30. The second kappa shape index (κ2) is 6.39. The second-order valence-corrected chi connectivity index (χ2v) is 6.01. The molecule has 1 aromatic carbocycles. The van der Waals surface area contributed by atoms with Gasteiger partial charge in [0.15, 0.2) is 5.11 Å². The van der Waals surface area contributed by atoms with Gasteiger partial charge < -0.3 is 5.32 Å². The zero-order valence-corrected chi connectivity index (χ0v) is 13.0. The zero-order chi connectivity index (χ0) is 14.7. The number of hydrogen-bond donors (Lipinski definition) is 1. The summed E-state index contributed by atoms with van der Waals surface area (Å²) >= 11 is 5.54. The first-order chi connectivity index (χ1) is 10.3. The third-order valence-corrected chi connectivity index (χ3v) is 4.59. The minimum Gasteiger partial charge on any atom is -0.358 e. The van der Waals surface area contributed by atoms with Gasteiger partial charge in [-0.3, -0.25) is 0 Å². The fraction of sp³-hybridized carbons (Fsp3) is 0.412. The van der Waals surface area contributed by atoms with E-state index >= 15 is 0 Å². The van der Waals surface area contributed by atoms with Crippen LogP contribution in [0.15, 0.2) is 48.1 Å². The Morgan fingerprint density at radius 1 is 1.38 bits per heavy atom. The van der Waals surface area contributed by atoms with Gasteiger partial charge in [0, 0.05) is 18.2 Å². The van der Waals surface area contributed by atoms with E-state index in [2.05, 4.69) is 42.2 Å². The van der Waals surface area contributed by atoms with Crippen LogP contribution in [0.5, 0.6) is 0 Å². The van der Waals surface area contributed by atoms with Gasteiger partial charge in [-0.05, 0) is 37.0 Å². The van der Waals surface area contributed by atoms with E-state index in [9.17, 15) is 0 Å². The Morgan fingerprint density at radius 3 is 2.95 bits per heavy atom. The maximum Gasteiger partial charge on any atom is 0.190 e. The molecule has 3 nitrogen and oxygen atoms in total. The van der Waals surface area contributed by atoms with Gasteiger partial charge in [-0.1, -0.05) is 42.8 Å². The average Bonchev–Trinajstić information content (AvgIpc) is 2.93. The van der Waals surface area contributed by atoms with Gasteiger partial charge in [-0.15, -0.1) is 6.58 Å². The molecule has 0 unspecified atom stereocenters. The number of rotatable bonds is 3. The van der Waals surface area contributed by atoms with Gasteiger partial charge in [0.25, 0.3) is 0 Å². The van der Waals surface area contributed by atoms with Gasteiger partial charge in [0.2, 0.25) is 0 Å². The number of hydrazone groups is 1. The number of nitrogens with zero attached hydrogens (tertiary/aromatic N) is 2. The van der Waals surface area contributed by atoms with E-state index in [0.29, 0.717) is 17.6 Å². The summed E-state index contributed by atoms with van der Waals surface area (Å²) in [6.07, 6.45) is 6.67. The van der Waals surface area contributed by atoms with Crippen molar-refractivity contribution >= 4 is 23.0 Å². The van der Waals surface area contributed by atoms with E-state index in [0.717, 1.165) is 6.42 Å². The van der Waals surface area contributed by atoms with Crippen LogP contribution < -0.4 is 5.32 Å². The Balaban J connectivity index is 1.89. The Labute approximate surface area is 131 Å². The molecule has 1 N–H and O–H groups in total. The van der Waals surface area contributed by atoms with Crippen molar-refractivity contribution in [1.82, 2.24) is 10.3 Å². The molecule has 0 bridgehead atoms. The predicted molar refractivity (Wildman–Crippen MR) is 91.2 cm³/mol. The Hall–Kier alpha value is -1.68. The summed E-state index contributed by atoms with van der Waals surface area (Å²) in [7, 11) is 0. The molecule has 4 heteroatoms. The smallest absolute Gasteiger partial charge is 0.190 e. The minimum absolute atomic E-state index is 0.242. The van der Waals surface area contributed by atoms with E-state index in [1.54, 1.807) is 0 Å². The molecule has 21 heavy (non-hydrogen) atoms. The monoisotopic (exact) mass is 299 g/mol. The molecule has 1 fully saturated rings. The Bertz CT molecular complexity index is 552. The van der Waals surface area contributed by atoms with Crippen molar-refractivity contribution in [3.05, 3.63) is 48.6 Å². The SMILES string of the molecule is C=CCNC(=S)N1N=C2CCCC[C@@H]2[C@@H]1c1ccccc1. The molecule has 2 atom stereocenters. The highest BCUT2D eigenvalue weighted by Gasteiger charge is 2.40. The van der Waals surface area contributed by atoms with Crippen LogP contribution in [0.2, 0.25) is 0 Å². The molecule has 0 aromatic heterocycles. The van der Waals surface area contributed by atoms with Crippen molar-refractivity contribution in [2.45, 2.75) is 31.7 Å². The van der Waals surface area contributed by atoms with Crippen LogP contribution >= 0.6 is 12.2 Å². The number of nitrogens with one attached hydrogen (secondary N) is 1. The van der Waals surface area contributed by atoms with Crippen LogP contribution in [-0.2, 0) is 0 Å². The summed E-state index contributed by atoms with van der Waals surface area (Å²) in [6.45, 7) is 4.41. The third-order valence-electron chi connectivity index (χ3n) is 4.25. The molecule has 0 amide bonds. The highest BCUT2D eigenvalue weighted by molar-refractivity contribution is 7.80. The molecular formula is C17H21N3S. The zero-order valence-electron chi connectivity index (χ0n) is 12.2. The van der Waals surface area contributed by atoms with Crippen molar-refractivity contribution in [2.24, 2.45) is 11.0 Å². The molecule has 1 heterocycles. The highest BCUT2D eigenvalue weighted by Crippen LogP contribution is 2.42. The van der Waals surface area contributed by atoms with E-state index in [-0.39, 0.29) is 6.04 Å². The number of thiocarbonyl (C=S) groups is 1. The molecule has 1 aromatic rings. The fourth-order valence-electron chi connectivity index (χ4n) is 3.29. The van der Waals surface area contributed by atoms with Gasteiger partial charge in [-0.2, -0.15) is 5.10 Å². The molecular weight excluding hydrogens is 278 g/mol. The summed E-state index contributed by atoms with van der Waals surface area (Å²) in [5.74, 6) is 0.504. The van der Waals surface area contributed by atoms with E-state index in [4.69, 9.17) is 17.3 Å². The van der Waals surface area contributed by atoms with E-state index < -0.39 is 0 Å². The van der Waals surface area contributed by atoms with Crippen molar-refractivity contribution in [1.29, 1.82) is 0 Å². The quantitative estimate of drug-likeness (QED) is 0.682. The van der Waals surface area contributed by atoms with Gasteiger partial charge in [0.1, 0.15) is 0 Å². The van der Waals surface area contributed by atoms with Crippen molar-refractivity contribution in [3.63, 3.8) is 0 Å². The lowest BCUT2D eigenvalue weighted by molar-refractivity contribution is 0.298. The maximum absolute atomic E-state index is 5.54. The lowest BCUT2D eigenvalue weighted by atomic mass is 9.80. The van der Waals surface area contributed by atoms with Crippen molar-refractivity contribution in [2.75, 3.05) is 6.54 Å². The Kier molecular flexibility index (Phi) is 4.34. The first-order valence-electron chi connectivity index (χ1n) is 7.61. The van der Waals surface area contributed by atoms with Crippen LogP contribution in [0.25, 0.3) is 0 Å². The molecule has 0 radical (unpaired) electrons. The van der Waals surface area contributed by atoms with Gasteiger partial charge in [0.05, 0.1) is 6.04 Å². The molecule has 2 aliphatic rings. The molecule has 0 saturated heterocycles. The summed E-state index contributed by atoms with van der Waals surface area (Å²) < 4.78 is 0. The van der Waals surface area contributed by atoms with Crippen LogP contribution in [0, 0.1) is 5.92 Å². The van der Waals surface area contributed by atoms with Crippen molar-refractivity contribution in [3.8, 4) is 0 Å². The number of hydrogen-bond acceptors (Lipinski definition) is 2. The first kappa shape index (κ1) is 14.3. The van der Waals surface area contributed by atoms with Gasteiger partial charge >= 0.3 is 0 Å². The van der Waals surface area contributed by atoms with Crippen molar-refractivity contribution < 1.29 is 0 Å². The predicted octanol–water partition coefficient (Wildman–Crippen LogP) is 3.65. The highest BCUT2D eigenvalue weighted by atomic mass is 32.1. The topological polar surface area (TPSA) is 27.6 Å². The summed E-state index contributed by atoms with van der Waals surface area (Å²) in [4.78, 5) is 0. The molecule has 0 spiro atoms. The normalized spacial score (nSPS) is 24.2. The molecule has 110 valence electrons. The lowest BCUT2D eigenvalue weighted by Crippen LogP contribution is -2.38. The number of benzene rings is 1. The number of fused-ring (bicyclic) bond motifs is 1. The fourth-order valence-corrected chi connectivity index (χ4v) is 3.53. The van der Waals surface area contributed by atoms with E-state index in [1.807, 2.05) is 11.1 Å². The van der Waals surface area contributed by atoms with Crippen LogP contribution in [-0.4, -0.2) is 22.4 Å². The summed E-state index contributed by atoms with van der Waals surface area (Å²) in [5.41, 5.74) is 2.61. The molecule has 1 aliphatic carbocycles. The van der Waals surface area contributed by atoms with E-state index in [1.165, 1.54) is 30.5 Å². The third kappa shape index (κ3) is 2.86. The van der Waals surface area contributed by atoms with Crippen LogP contribution in [0.4, 0.5) is 0 Å². The standard InChI is InChI=1S/C17H21N3S/c1-2-12-18-17(21)20-16(13-8-4-3-5-9-13)14-10-6-7-11-15(14)19-20/h2-5,8-9,14,16H,1,6-7,10-12H2,(H,18,21)/t14-,16-/m0/s1. The maximum atomic E-state index is 5.54. The molecule has 3 rings (SSSR count). The average molecular weight is 299 g/mol. The Morgan fingerprint density at radius 2 is 2.19 bits per heavy atom. The molecule has 1 aliphatic heterocycles. The largest absolute Gasteiger partial charge is 0.358 e.